The summed E-state index contributed by atoms with van der Waals surface area (Å²) in [6.45, 7) is 2.83. The van der Waals surface area contributed by atoms with Crippen LogP contribution in [-0.4, -0.2) is 25.5 Å². The van der Waals surface area contributed by atoms with E-state index < -0.39 is 11.6 Å². The predicted octanol–water partition coefficient (Wildman–Crippen LogP) is 2.53. The number of Topliss-reactive ketones (excluding diaryl/α,β-unsaturated/α-hetero) is 1. The highest BCUT2D eigenvalue weighted by Crippen LogP contribution is 2.29. The molecule has 0 unspecified atom stereocenters. The summed E-state index contributed by atoms with van der Waals surface area (Å²) < 4.78 is 32.8. The molecule has 0 atom stereocenters. The highest BCUT2D eigenvalue weighted by Gasteiger charge is 2.23. The van der Waals surface area contributed by atoms with Crippen molar-refractivity contribution >= 4 is 11.5 Å². The number of halogens is 2. The Morgan fingerprint density at radius 2 is 1.78 bits per heavy atom. The molecule has 0 saturated carbocycles. The maximum atomic E-state index is 13.9. The summed E-state index contributed by atoms with van der Waals surface area (Å²) in [5.74, 6) is -0.970. The molecule has 1 aromatic carbocycles. The minimum absolute atomic E-state index is 0.0639. The normalized spacial score (nSPS) is 15.9. The van der Waals surface area contributed by atoms with Gasteiger partial charge in [0, 0.05) is 38.1 Å². The van der Waals surface area contributed by atoms with Crippen molar-refractivity contribution in [3.05, 3.63) is 23.8 Å². The number of piperidine rings is 1. The Morgan fingerprint density at radius 3 is 2.28 bits per heavy atom. The van der Waals surface area contributed by atoms with Crippen molar-refractivity contribution in [2.24, 2.45) is 0 Å². The van der Waals surface area contributed by atoms with E-state index in [1.54, 1.807) is 11.8 Å². The zero-order valence-electron chi connectivity index (χ0n) is 10.2. The maximum Gasteiger partial charge on any atom is 0.153 e. The summed E-state index contributed by atoms with van der Waals surface area (Å²) in [6, 6.07) is 2.36. The van der Waals surface area contributed by atoms with Crippen molar-refractivity contribution in [2.75, 3.05) is 24.6 Å². The van der Waals surface area contributed by atoms with Gasteiger partial charge in [0.2, 0.25) is 0 Å². The van der Waals surface area contributed by atoms with Gasteiger partial charge in [0.25, 0.3) is 0 Å². The number of ether oxygens (including phenoxy) is 1. The molecule has 1 aliphatic heterocycles. The van der Waals surface area contributed by atoms with Gasteiger partial charge in [0.05, 0.1) is 6.61 Å². The monoisotopic (exact) mass is 255 g/mol. The average molecular weight is 255 g/mol. The van der Waals surface area contributed by atoms with Crippen LogP contribution in [0.2, 0.25) is 0 Å². The summed E-state index contributed by atoms with van der Waals surface area (Å²) in [6.07, 6.45) is 0.679. The van der Waals surface area contributed by atoms with Crippen molar-refractivity contribution < 1.29 is 18.3 Å². The van der Waals surface area contributed by atoms with E-state index in [1.165, 1.54) is 12.1 Å². The van der Waals surface area contributed by atoms with Gasteiger partial charge in [0.15, 0.2) is 11.6 Å². The molecule has 0 aromatic heterocycles. The number of rotatable bonds is 3. The highest BCUT2D eigenvalue weighted by atomic mass is 19.1. The van der Waals surface area contributed by atoms with Crippen LogP contribution in [0.15, 0.2) is 12.1 Å². The molecule has 1 fully saturated rings. The van der Waals surface area contributed by atoms with Gasteiger partial charge in [-0.05, 0) is 6.92 Å². The lowest BCUT2D eigenvalue weighted by Crippen LogP contribution is -2.35. The Kier molecular flexibility index (Phi) is 3.79. The third-order valence-corrected chi connectivity index (χ3v) is 2.94. The Labute approximate surface area is 104 Å². The third kappa shape index (κ3) is 2.60. The molecule has 0 radical (unpaired) electrons. The van der Waals surface area contributed by atoms with Crippen LogP contribution in [0, 0.1) is 11.6 Å². The molecule has 0 spiro atoms. The molecule has 1 aromatic rings. The average Bonchev–Trinajstić information content (AvgIpc) is 2.31. The fourth-order valence-electron chi connectivity index (χ4n) is 2.07. The number of nitrogens with zero attached hydrogens (tertiary/aromatic N) is 1. The van der Waals surface area contributed by atoms with Crippen LogP contribution in [0.25, 0.3) is 0 Å². The number of hydrogen-bond donors (Lipinski definition) is 0. The Balaban J connectivity index is 2.25. The molecular weight excluding hydrogens is 240 g/mol. The molecule has 2 rings (SSSR count). The van der Waals surface area contributed by atoms with Crippen LogP contribution in [0.1, 0.15) is 19.8 Å². The Hall–Kier alpha value is -1.65. The van der Waals surface area contributed by atoms with Gasteiger partial charge in [-0.3, -0.25) is 4.79 Å². The van der Waals surface area contributed by atoms with Gasteiger partial charge in [-0.2, -0.15) is 0 Å². The lowest BCUT2D eigenvalue weighted by Gasteiger charge is -2.28. The molecule has 0 amide bonds. The van der Waals surface area contributed by atoms with Crippen molar-refractivity contribution in [2.45, 2.75) is 19.8 Å². The molecule has 0 aliphatic carbocycles. The van der Waals surface area contributed by atoms with Gasteiger partial charge in [-0.1, -0.05) is 0 Å². The largest absolute Gasteiger partial charge is 0.494 e. The quantitative estimate of drug-likeness (QED) is 0.831. The first kappa shape index (κ1) is 12.8. The first-order valence-corrected chi connectivity index (χ1v) is 6.00. The van der Waals surface area contributed by atoms with Crippen molar-refractivity contribution in [1.29, 1.82) is 0 Å². The number of carbonyl (C=O) groups is 1. The van der Waals surface area contributed by atoms with E-state index in [1.807, 2.05) is 0 Å². The maximum absolute atomic E-state index is 13.9. The SMILES string of the molecule is CCOc1cc(F)c(N2CCC(=O)CC2)c(F)c1. The van der Waals surface area contributed by atoms with E-state index in [0.29, 0.717) is 32.5 Å². The molecule has 3 nitrogen and oxygen atoms in total. The van der Waals surface area contributed by atoms with Crippen LogP contribution in [0.3, 0.4) is 0 Å². The molecule has 1 heterocycles. The van der Waals surface area contributed by atoms with Crippen molar-refractivity contribution in [3.8, 4) is 5.75 Å². The number of ketones is 1. The second kappa shape index (κ2) is 5.33. The summed E-state index contributed by atoms with van der Waals surface area (Å²) in [7, 11) is 0. The summed E-state index contributed by atoms with van der Waals surface area (Å²) in [5.41, 5.74) is -0.0639. The fraction of sp³-hybridized carbons (Fsp3) is 0.462. The Morgan fingerprint density at radius 1 is 1.22 bits per heavy atom. The van der Waals surface area contributed by atoms with Crippen molar-refractivity contribution in [3.63, 3.8) is 0 Å². The number of anilines is 1. The summed E-state index contributed by atoms with van der Waals surface area (Å²) in [5, 5.41) is 0. The molecule has 1 aliphatic rings. The van der Waals surface area contributed by atoms with Gasteiger partial charge < -0.3 is 9.64 Å². The topological polar surface area (TPSA) is 29.5 Å². The lowest BCUT2D eigenvalue weighted by atomic mass is 10.1. The molecular formula is C13H15F2NO2. The molecule has 18 heavy (non-hydrogen) atoms. The molecule has 1 saturated heterocycles. The minimum atomic E-state index is -0.646. The van der Waals surface area contributed by atoms with E-state index in [2.05, 4.69) is 0 Å². The molecule has 0 N–H and O–H groups in total. The zero-order chi connectivity index (χ0) is 13.1. The minimum Gasteiger partial charge on any atom is -0.494 e. The third-order valence-electron chi connectivity index (χ3n) is 2.94. The second-order valence-corrected chi connectivity index (χ2v) is 4.19. The zero-order valence-corrected chi connectivity index (χ0v) is 10.2. The second-order valence-electron chi connectivity index (χ2n) is 4.19. The van der Waals surface area contributed by atoms with E-state index in [4.69, 9.17) is 4.74 Å². The molecule has 98 valence electrons. The van der Waals surface area contributed by atoms with Crippen LogP contribution in [0.5, 0.6) is 5.75 Å². The van der Waals surface area contributed by atoms with E-state index in [0.717, 1.165) is 0 Å². The standard InChI is InChI=1S/C13H15F2NO2/c1-2-18-10-7-11(14)13(12(15)8-10)16-5-3-9(17)4-6-16/h7-8H,2-6H2,1H3. The predicted molar refractivity (Wildman–Crippen MR) is 64.0 cm³/mol. The number of carbonyl (C=O) groups excluding carboxylic acids is 1. The van der Waals surface area contributed by atoms with Crippen LogP contribution in [0.4, 0.5) is 14.5 Å². The van der Waals surface area contributed by atoms with Crippen LogP contribution >= 0.6 is 0 Å². The van der Waals surface area contributed by atoms with Gasteiger partial charge in [-0.15, -0.1) is 0 Å². The molecule has 5 heteroatoms. The highest BCUT2D eigenvalue weighted by molar-refractivity contribution is 5.81. The summed E-state index contributed by atoms with van der Waals surface area (Å²) in [4.78, 5) is 12.7. The smallest absolute Gasteiger partial charge is 0.153 e. The van der Waals surface area contributed by atoms with Gasteiger partial charge in [0.1, 0.15) is 17.2 Å². The Bertz CT molecular complexity index is 429. The molecule has 0 bridgehead atoms. The van der Waals surface area contributed by atoms with Crippen molar-refractivity contribution in [1.82, 2.24) is 0 Å². The van der Waals surface area contributed by atoms with Crippen LogP contribution < -0.4 is 9.64 Å². The summed E-state index contributed by atoms with van der Waals surface area (Å²) >= 11 is 0. The van der Waals surface area contributed by atoms with E-state index >= 15 is 0 Å². The van der Waals surface area contributed by atoms with Gasteiger partial charge >= 0.3 is 0 Å². The lowest BCUT2D eigenvalue weighted by molar-refractivity contribution is -0.119. The number of benzene rings is 1. The van der Waals surface area contributed by atoms with Crippen LogP contribution in [-0.2, 0) is 4.79 Å². The van der Waals surface area contributed by atoms with Gasteiger partial charge in [-0.25, -0.2) is 8.78 Å². The fourth-order valence-corrected chi connectivity index (χ4v) is 2.07. The first-order chi connectivity index (χ1) is 8.61. The first-order valence-electron chi connectivity index (χ1n) is 6.00. The van der Waals surface area contributed by atoms with E-state index in [-0.39, 0.29) is 17.2 Å². The van der Waals surface area contributed by atoms with E-state index in [9.17, 15) is 13.6 Å². The number of hydrogen-bond acceptors (Lipinski definition) is 3.